The summed E-state index contributed by atoms with van der Waals surface area (Å²) in [4.78, 5) is 3.23. The highest BCUT2D eigenvalue weighted by molar-refractivity contribution is 7.71. The minimum absolute atomic E-state index is 0.0257. The van der Waals surface area contributed by atoms with E-state index in [0.29, 0.717) is 0 Å². The Morgan fingerprint density at radius 3 is 2.76 bits per heavy atom. The Kier molecular flexibility index (Phi) is 3.32. The van der Waals surface area contributed by atoms with Crippen LogP contribution in [0.5, 0.6) is 0 Å². The number of H-pyrrole nitrogens is 1. The number of halogens is 1. The van der Waals surface area contributed by atoms with Crippen molar-refractivity contribution in [3.05, 3.63) is 28.0 Å². The molecule has 4 heteroatoms. The van der Waals surface area contributed by atoms with Crippen LogP contribution in [0.3, 0.4) is 0 Å². The molecule has 0 aliphatic heterocycles. The van der Waals surface area contributed by atoms with Gasteiger partial charge in [0.1, 0.15) is 0 Å². The van der Waals surface area contributed by atoms with E-state index in [1.165, 1.54) is 0 Å². The van der Waals surface area contributed by atoms with Crippen molar-refractivity contribution < 1.29 is 0 Å². The fourth-order valence-electron chi connectivity index (χ4n) is 2.41. The standard InChI is InChI=1S/C13H17ClN2S/c1-4-7-13(2,3)16-11-6-5-9(14)8-10(11)15-12(16)17/h5-6,8H,4,7H2,1-3H3,(H,15,17). The third-order valence-corrected chi connectivity index (χ3v) is 3.63. The smallest absolute Gasteiger partial charge is 0.178 e. The Morgan fingerprint density at radius 2 is 2.12 bits per heavy atom. The minimum Gasteiger partial charge on any atom is -0.331 e. The van der Waals surface area contributed by atoms with E-state index in [2.05, 4.69) is 30.3 Å². The molecule has 2 nitrogen and oxygen atoms in total. The largest absolute Gasteiger partial charge is 0.331 e. The lowest BCUT2D eigenvalue weighted by atomic mass is 9.98. The van der Waals surface area contributed by atoms with Gasteiger partial charge in [-0.15, -0.1) is 0 Å². The summed E-state index contributed by atoms with van der Waals surface area (Å²) in [7, 11) is 0. The first-order chi connectivity index (χ1) is 7.95. The summed E-state index contributed by atoms with van der Waals surface area (Å²) in [5, 5.41) is 0.731. The third-order valence-electron chi connectivity index (χ3n) is 3.11. The van der Waals surface area contributed by atoms with Crippen molar-refractivity contribution in [2.45, 2.75) is 39.2 Å². The molecule has 0 amide bonds. The summed E-state index contributed by atoms with van der Waals surface area (Å²) in [6, 6.07) is 5.86. The molecule has 0 aliphatic rings. The molecule has 2 aromatic rings. The maximum Gasteiger partial charge on any atom is 0.178 e. The van der Waals surface area contributed by atoms with Crippen molar-refractivity contribution in [1.82, 2.24) is 9.55 Å². The van der Waals surface area contributed by atoms with Crippen LogP contribution < -0.4 is 0 Å². The van der Waals surface area contributed by atoms with Gasteiger partial charge in [0, 0.05) is 10.6 Å². The van der Waals surface area contributed by atoms with Crippen LogP contribution in [0.1, 0.15) is 33.6 Å². The van der Waals surface area contributed by atoms with Crippen molar-refractivity contribution in [3.8, 4) is 0 Å². The lowest BCUT2D eigenvalue weighted by Crippen LogP contribution is -2.25. The number of aromatic nitrogens is 2. The van der Waals surface area contributed by atoms with Gasteiger partial charge >= 0.3 is 0 Å². The highest BCUT2D eigenvalue weighted by Gasteiger charge is 2.22. The fourth-order valence-corrected chi connectivity index (χ4v) is 3.04. The van der Waals surface area contributed by atoms with E-state index < -0.39 is 0 Å². The van der Waals surface area contributed by atoms with Crippen molar-refractivity contribution in [2.24, 2.45) is 0 Å². The van der Waals surface area contributed by atoms with Crippen LogP contribution in [-0.4, -0.2) is 9.55 Å². The maximum atomic E-state index is 5.99. The van der Waals surface area contributed by atoms with Crippen molar-refractivity contribution in [1.29, 1.82) is 0 Å². The highest BCUT2D eigenvalue weighted by Crippen LogP contribution is 2.28. The monoisotopic (exact) mass is 268 g/mol. The predicted octanol–water partition coefficient (Wildman–Crippen LogP) is 4.89. The number of hydrogen-bond acceptors (Lipinski definition) is 1. The third kappa shape index (κ3) is 2.26. The van der Waals surface area contributed by atoms with Gasteiger partial charge in [0.25, 0.3) is 0 Å². The molecule has 2 rings (SSSR count). The SMILES string of the molecule is CCCC(C)(C)n1c(=S)[nH]c2cc(Cl)ccc21. The van der Waals surface area contributed by atoms with Crippen molar-refractivity contribution >= 4 is 34.9 Å². The Bertz CT molecular complexity index is 595. The molecule has 92 valence electrons. The van der Waals surface area contributed by atoms with Crippen molar-refractivity contribution in [2.75, 3.05) is 0 Å². The lowest BCUT2D eigenvalue weighted by molar-refractivity contribution is 0.330. The fraction of sp³-hybridized carbons (Fsp3) is 0.462. The number of aromatic amines is 1. The Morgan fingerprint density at radius 1 is 1.41 bits per heavy atom. The molecule has 1 N–H and O–H groups in total. The summed E-state index contributed by atoms with van der Waals surface area (Å²) < 4.78 is 2.96. The molecule has 0 atom stereocenters. The maximum absolute atomic E-state index is 5.99. The molecule has 1 aromatic carbocycles. The van der Waals surface area contributed by atoms with Crippen LogP contribution in [0, 0.1) is 4.77 Å². The topological polar surface area (TPSA) is 20.7 Å². The average molecular weight is 269 g/mol. The van der Waals surface area contributed by atoms with Gasteiger partial charge in [0.15, 0.2) is 4.77 Å². The first kappa shape index (κ1) is 12.7. The van der Waals surface area contributed by atoms with Crippen molar-refractivity contribution in [3.63, 3.8) is 0 Å². The van der Waals surface area contributed by atoms with E-state index in [9.17, 15) is 0 Å². The zero-order valence-electron chi connectivity index (χ0n) is 10.4. The van der Waals surface area contributed by atoms with Crippen LogP contribution in [-0.2, 0) is 5.54 Å². The number of benzene rings is 1. The van der Waals surface area contributed by atoms with Crippen LogP contribution >= 0.6 is 23.8 Å². The van der Waals surface area contributed by atoms with Gasteiger partial charge in [-0.3, -0.25) is 0 Å². The van der Waals surface area contributed by atoms with Gasteiger partial charge in [0.2, 0.25) is 0 Å². The minimum atomic E-state index is 0.0257. The van der Waals surface area contributed by atoms with Gasteiger partial charge in [-0.1, -0.05) is 24.9 Å². The van der Waals surface area contributed by atoms with E-state index in [-0.39, 0.29) is 5.54 Å². The first-order valence-corrected chi connectivity index (χ1v) is 6.65. The van der Waals surface area contributed by atoms with E-state index in [1.807, 2.05) is 18.2 Å². The molecule has 1 aromatic heterocycles. The Hall–Kier alpha value is -0.800. The second-order valence-corrected chi connectivity index (χ2v) is 5.81. The molecule has 1 heterocycles. The van der Waals surface area contributed by atoms with Gasteiger partial charge in [-0.2, -0.15) is 0 Å². The lowest BCUT2D eigenvalue weighted by Gasteiger charge is -2.27. The summed E-state index contributed by atoms with van der Waals surface area (Å²) in [5.41, 5.74) is 2.15. The predicted molar refractivity (Wildman–Crippen MR) is 76.4 cm³/mol. The van der Waals surface area contributed by atoms with Gasteiger partial charge in [-0.25, -0.2) is 0 Å². The quantitative estimate of drug-likeness (QED) is 0.786. The van der Waals surface area contributed by atoms with Gasteiger partial charge in [0.05, 0.1) is 11.0 Å². The molecule has 0 spiro atoms. The molecule has 0 saturated carbocycles. The molecule has 0 aliphatic carbocycles. The normalized spacial score (nSPS) is 12.2. The first-order valence-electron chi connectivity index (χ1n) is 5.86. The van der Waals surface area contributed by atoms with E-state index in [1.54, 1.807) is 0 Å². The Balaban J connectivity index is 2.69. The van der Waals surface area contributed by atoms with Crippen LogP contribution in [0.2, 0.25) is 5.02 Å². The number of nitrogens with zero attached hydrogens (tertiary/aromatic N) is 1. The summed E-state index contributed by atoms with van der Waals surface area (Å²) in [6.07, 6.45) is 2.23. The van der Waals surface area contributed by atoms with Crippen LogP contribution in [0.15, 0.2) is 18.2 Å². The van der Waals surface area contributed by atoms with Crippen LogP contribution in [0.25, 0.3) is 11.0 Å². The van der Waals surface area contributed by atoms with E-state index in [4.69, 9.17) is 23.8 Å². The summed E-state index contributed by atoms with van der Waals surface area (Å²) in [6.45, 7) is 6.62. The second kappa shape index (κ2) is 4.46. The Labute approximate surface area is 112 Å². The summed E-state index contributed by atoms with van der Waals surface area (Å²) >= 11 is 11.4. The number of fused-ring (bicyclic) bond motifs is 1. The zero-order valence-corrected chi connectivity index (χ0v) is 12.0. The van der Waals surface area contributed by atoms with Gasteiger partial charge in [-0.05, 0) is 50.7 Å². The molecule has 0 saturated heterocycles. The molecular formula is C13H17ClN2S. The highest BCUT2D eigenvalue weighted by atomic mass is 35.5. The molecule has 0 radical (unpaired) electrons. The number of rotatable bonds is 3. The number of imidazole rings is 1. The zero-order chi connectivity index (χ0) is 12.6. The second-order valence-electron chi connectivity index (χ2n) is 4.99. The molecular weight excluding hydrogens is 252 g/mol. The van der Waals surface area contributed by atoms with E-state index in [0.717, 1.165) is 33.7 Å². The average Bonchev–Trinajstić information content (AvgIpc) is 2.53. The van der Waals surface area contributed by atoms with Crippen LogP contribution in [0.4, 0.5) is 0 Å². The molecule has 0 unspecified atom stereocenters. The molecule has 0 fully saturated rings. The molecule has 17 heavy (non-hydrogen) atoms. The van der Waals surface area contributed by atoms with E-state index >= 15 is 0 Å². The number of hydrogen-bond donors (Lipinski definition) is 1. The van der Waals surface area contributed by atoms with Gasteiger partial charge < -0.3 is 9.55 Å². The molecule has 0 bridgehead atoms. The summed E-state index contributed by atoms with van der Waals surface area (Å²) in [5.74, 6) is 0. The number of nitrogens with one attached hydrogen (secondary N) is 1.